The van der Waals surface area contributed by atoms with E-state index in [1.807, 2.05) is 18.4 Å². The van der Waals surface area contributed by atoms with Crippen LogP contribution in [0.4, 0.5) is 0 Å². The van der Waals surface area contributed by atoms with E-state index in [2.05, 4.69) is 5.32 Å². The Balaban J connectivity index is 2.60. The van der Waals surface area contributed by atoms with E-state index in [-0.39, 0.29) is 0 Å². The quantitative estimate of drug-likeness (QED) is 0.827. The van der Waals surface area contributed by atoms with Crippen LogP contribution < -0.4 is 5.32 Å². The molecular weight excluding hydrogens is 246 g/mol. The maximum Gasteiger partial charge on any atom is 0.323 e. The van der Waals surface area contributed by atoms with Crippen LogP contribution in [0.25, 0.3) is 0 Å². The Morgan fingerprint density at radius 1 is 1.69 bits per heavy atom. The molecule has 1 aromatic rings. The van der Waals surface area contributed by atoms with E-state index in [0.29, 0.717) is 18.0 Å². The molecule has 0 fully saturated rings. The standard InChI is InChI=1S/C11H16ClNO2S/c1-3-4-11(2,10(14)15)13-6-9-5-8(12)7-16-9/h5,7,13H,3-4,6H2,1-2H3,(H,14,15). The molecular formula is C11H16ClNO2S. The fraction of sp³-hybridized carbons (Fsp3) is 0.545. The van der Waals surface area contributed by atoms with Crippen LogP contribution in [0.15, 0.2) is 11.4 Å². The van der Waals surface area contributed by atoms with Crippen molar-refractivity contribution < 1.29 is 9.90 Å². The lowest BCUT2D eigenvalue weighted by molar-refractivity contribution is -0.144. The second-order valence-electron chi connectivity index (χ2n) is 3.97. The van der Waals surface area contributed by atoms with Gasteiger partial charge >= 0.3 is 5.97 Å². The minimum Gasteiger partial charge on any atom is -0.480 e. The van der Waals surface area contributed by atoms with Gasteiger partial charge in [-0.15, -0.1) is 11.3 Å². The van der Waals surface area contributed by atoms with Gasteiger partial charge in [-0.2, -0.15) is 0 Å². The van der Waals surface area contributed by atoms with Gasteiger partial charge in [-0.1, -0.05) is 24.9 Å². The number of carboxylic acids is 1. The highest BCUT2D eigenvalue weighted by molar-refractivity contribution is 7.10. The Morgan fingerprint density at radius 3 is 2.81 bits per heavy atom. The van der Waals surface area contributed by atoms with Crippen LogP contribution >= 0.6 is 22.9 Å². The van der Waals surface area contributed by atoms with Gasteiger partial charge in [0, 0.05) is 16.8 Å². The first kappa shape index (κ1) is 13.5. The number of aliphatic carboxylic acids is 1. The lowest BCUT2D eigenvalue weighted by atomic mass is 9.96. The first-order valence-electron chi connectivity index (χ1n) is 5.19. The minimum absolute atomic E-state index is 0.542. The highest BCUT2D eigenvalue weighted by Gasteiger charge is 2.31. The molecule has 1 aromatic heterocycles. The van der Waals surface area contributed by atoms with Crippen molar-refractivity contribution in [3.05, 3.63) is 21.3 Å². The van der Waals surface area contributed by atoms with Gasteiger partial charge < -0.3 is 5.11 Å². The van der Waals surface area contributed by atoms with Gasteiger partial charge in [0.25, 0.3) is 0 Å². The molecule has 90 valence electrons. The summed E-state index contributed by atoms with van der Waals surface area (Å²) in [5.41, 5.74) is -0.856. The molecule has 1 unspecified atom stereocenters. The van der Waals surface area contributed by atoms with Gasteiger partial charge in [0.2, 0.25) is 0 Å². The molecule has 0 aliphatic heterocycles. The number of carbonyl (C=O) groups is 1. The number of carboxylic acid groups (broad SMARTS) is 1. The highest BCUT2D eigenvalue weighted by atomic mass is 35.5. The fourth-order valence-corrected chi connectivity index (χ4v) is 2.51. The van der Waals surface area contributed by atoms with E-state index in [4.69, 9.17) is 16.7 Å². The Labute approximate surface area is 104 Å². The maximum absolute atomic E-state index is 11.2. The summed E-state index contributed by atoms with van der Waals surface area (Å²) in [5.74, 6) is -0.808. The second-order valence-corrected chi connectivity index (χ2v) is 5.40. The Kier molecular flexibility index (Phi) is 4.77. The smallest absolute Gasteiger partial charge is 0.323 e. The molecule has 0 amide bonds. The number of nitrogens with one attached hydrogen (secondary N) is 1. The zero-order chi connectivity index (χ0) is 12.2. The van der Waals surface area contributed by atoms with Crippen molar-refractivity contribution in [1.82, 2.24) is 5.32 Å². The van der Waals surface area contributed by atoms with Crippen molar-refractivity contribution in [2.45, 2.75) is 38.8 Å². The Morgan fingerprint density at radius 2 is 2.38 bits per heavy atom. The van der Waals surface area contributed by atoms with Crippen molar-refractivity contribution in [1.29, 1.82) is 0 Å². The van der Waals surface area contributed by atoms with Gasteiger partial charge in [-0.3, -0.25) is 10.1 Å². The summed E-state index contributed by atoms with van der Waals surface area (Å²) in [7, 11) is 0. The van der Waals surface area contributed by atoms with Crippen LogP contribution in [0.1, 0.15) is 31.6 Å². The van der Waals surface area contributed by atoms with Crippen molar-refractivity contribution >= 4 is 28.9 Å². The van der Waals surface area contributed by atoms with E-state index >= 15 is 0 Å². The molecule has 2 N–H and O–H groups in total. The Bertz CT molecular complexity index is 367. The molecule has 3 nitrogen and oxygen atoms in total. The third-order valence-corrected chi connectivity index (χ3v) is 3.78. The van der Waals surface area contributed by atoms with Crippen molar-refractivity contribution in [3.63, 3.8) is 0 Å². The first-order valence-corrected chi connectivity index (χ1v) is 6.45. The largest absolute Gasteiger partial charge is 0.480 e. The Hall–Kier alpha value is -0.580. The van der Waals surface area contributed by atoms with E-state index in [1.165, 1.54) is 11.3 Å². The molecule has 5 heteroatoms. The summed E-state index contributed by atoms with van der Waals surface area (Å²) in [5, 5.41) is 14.8. The number of hydrogen-bond acceptors (Lipinski definition) is 3. The van der Waals surface area contributed by atoms with Crippen LogP contribution in [0.5, 0.6) is 0 Å². The number of hydrogen-bond donors (Lipinski definition) is 2. The molecule has 0 aliphatic carbocycles. The first-order chi connectivity index (χ1) is 7.48. The molecule has 0 saturated heterocycles. The third-order valence-electron chi connectivity index (χ3n) is 2.50. The van der Waals surface area contributed by atoms with Gasteiger partial charge in [-0.25, -0.2) is 0 Å². The monoisotopic (exact) mass is 261 g/mol. The van der Waals surface area contributed by atoms with Crippen molar-refractivity contribution in [2.75, 3.05) is 0 Å². The van der Waals surface area contributed by atoms with E-state index < -0.39 is 11.5 Å². The maximum atomic E-state index is 11.2. The lowest BCUT2D eigenvalue weighted by Gasteiger charge is -2.25. The molecule has 1 atom stereocenters. The summed E-state index contributed by atoms with van der Waals surface area (Å²) < 4.78 is 0. The third kappa shape index (κ3) is 3.47. The predicted molar refractivity (Wildman–Crippen MR) is 67.1 cm³/mol. The molecule has 0 aliphatic rings. The molecule has 0 saturated carbocycles. The van der Waals surface area contributed by atoms with Gasteiger partial charge in [-0.05, 0) is 19.4 Å². The molecule has 1 heterocycles. The summed E-state index contributed by atoms with van der Waals surface area (Å²) in [6.45, 7) is 4.24. The topological polar surface area (TPSA) is 49.3 Å². The van der Waals surface area contributed by atoms with Crippen LogP contribution in [-0.2, 0) is 11.3 Å². The van der Waals surface area contributed by atoms with Crippen LogP contribution in [-0.4, -0.2) is 16.6 Å². The summed E-state index contributed by atoms with van der Waals surface area (Å²) in [6, 6.07) is 1.85. The zero-order valence-electron chi connectivity index (χ0n) is 9.42. The van der Waals surface area contributed by atoms with Gasteiger partial charge in [0.15, 0.2) is 0 Å². The van der Waals surface area contributed by atoms with Crippen molar-refractivity contribution in [3.8, 4) is 0 Å². The van der Waals surface area contributed by atoms with Gasteiger partial charge in [0.05, 0.1) is 5.02 Å². The van der Waals surface area contributed by atoms with Crippen LogP contribution in [0, 0.1) is 0 Å². The summed E-state index contributed by atoms with van der Waals surface area (Å²) in [4.78, 5) is 12.2. The van der Waals surface area contributed by atoms with E-state index in [0.717, 1.165) is 11.3 Å². The SMILES string of the molecule is CCCC(C)(NCc1cc(Cl)cs1)C(=O)O. The molecule has 16 heavy (non-hydrogen) atoms. The molecule has 0 bridgehead atoms. The van der Waals surface area contributed by atoms with Crippen LogP contribution in [0.3, 0.4) is 0 Å². The number of thiophene rings is 1. The van der Waals surface area contributed by atoms with Crippen molar-refractivity contribution in [2.24, 2.45) is 0 Å². The number of rotatable bonds is 6. The average molecular weight is 262 g/mol. The minimum atomic E-state index is -0.856. The molecule has 0 aromatic carbocycles. The van der Waals surface area contributed by atoms with Gasteiger partial charge in [0.1, 0.15) is 5.54 Å². The second kappa shape index (κ2) is 5.66. The fourth-order valence-electron chi connectivity index (χ4n) is 1.50. The summed E-state index contributed by atoms with van der Waals surface area (Å²) >= 11 is 7.33. The number of halogens is 1. The average Bonchev–Trinajstić information content (AvgIpc) is 2.61. The molecule has 0 spiro atoms. The lowest BCUT2D eigenvalue weighted by Crippen LogP contribution is -2.48. The predicted octanol–water partition coefficient (Wildman–Crippen LogP) is 3.13. The normalized spacial score (nSPS) is 14.7. The zero-order valence-corrected chi connectivity index (χ0v) is 11.0. The molecule has 1 rings (SSSR count). The van der Waals surface area contributed by atoms with E-state index in [9.17, 15) is 4.79 Å². The molecule has 0 radical (unpaired) electrons. The highest BCUT2D eigenvalue weighted by Crippen LogP contribution is 2.20. The van der Waals surface area contributed by atoms with E-state index in [1.54, 1.807) is 6.92 Å². The summed E-state index contributed by atoms with van der Waals surface area (Å²) in [6.07, 6.45) is 1.45. The van der Waals surface area contributed by atoms with Crippen LogP contribution in [0.2, 0.25) is 5.02 Å².